The molecule has 0 spiro atoms. The van der Waals surface area contributed by atoms with Crippen LogP contribution >= 0.6 is 0 Å². The summed E-state index contributed by atoms with van der Waals surface area (Å²) in [6.07, 6.45) is 1.68. The fourth-order valence-corrected chi connectivity index (χ4v) is 2.43. The summed E-state index contributed by atoms with van der Waals surface area (Å²) in [5.74, 6) is -1.20. The van der Waals surface area contributed by atoms with E-state index in [-0.39, 0.29) is 6.04 Å². The molecule has 0 aromatic heterocycles. The molecule has 0 saturated carbocycles. The summed E-state index contributed by atoms with van der Waals surface area (Å²) in [6, 6.07) is 17.7. The monoisotopic (exact) mass is 324 g/mol. The SMILES string of the molecule is CCc1ccc(C(C)NC(=O)C(=O)NCCc2ccccc2)cc1. The third-order valence-electron chi connectivity index (χ3n) is 3.98. The first-order valence-electron chi connectivity index (χ1n) is 8.31. The van der Waals surface area contributed by atoms with Crippen LogP contribution in [-0.4, -0.2) is 18.4 Å². The Labute approximate surface area is 143 Å². The van der Waals surface area contributed by atoms with E-state index in [9.17, 15) is 9.59 Å². The molecule has 2 aromatic carbocycles. The quantitative estimate of drug-likeness (QED) is 0.803. The summed E-state index contributed by atoms with van der Waals surface area (Å²) in [6.45, 7) is 4.41. The average Bonchev–Trinajstić information content (AvgIpc) is 2.62. The molecule has 2 N–H and O–H groups in total. The lowest BCUT2D eigenvalue weighted by molar-refractivity contribution is -0.139. The second-order valence-electron chi connectivity index (χ2n) is 5.78. The molecule has 0 heterocycles. The van der Waals surface area contributed by atoms with E-state index in [2.05, 4.69) is 17.6 Å². The minimum atomic E-state index is -0.602. The topological polar surface area (TPSA) is 58.2 Å². The molecule has 0 fully saturated rings. The van der Waals surface area contributed by atoms with E-state index in [4.69, 9.17) is 0 Å². The zero-order valence-electron chi connectivity index (χ0n) is 14.2. The lowest BCUT2D eigenvalue weighted by Crippen LogP contribution is -2.41. The van der Waals surface area contributed by atoms with Gasteiger partial charge in [0.25, 0.3) is 0 Å². The van der Waals surface area contributed by atoms with Crippen molar-refractivity contribution in [2.24, 2.45) is 0 Å². The number of carbonyl (C=O) groups is 2. The average molecular weight is 324 g/mol. The number of aryl methyl sites for hydroxylation is 1. The van der Waals surface area contributed by atoms with Gasteiger partial charge < -0.3 is 10.6 Å². The zero-order valence-corrected chi connectivity index (χ0v) is 14.2. The maximum absolute atomic E-state index is 12.0. The molecule has 0 aliphatic heterocycles. The highest BCUT2D eigenvalue weighted by Gasteiger charge is 2.16. The van der Waals surface area contributed by atoms with Crippen LogP contribution in [0.15, 0.2) is 54.6 Å². The number of carbonyl (C=O) groups excluding carboxylic acids is 2. The van der Waals surface area contributed by atoms with Gasteiger partial charge in [-0.05, 0) is 36.5 Å². The maximum Gasteiger partial charge on any atom is 0.309 e. The van der Waals surface area contributed by atoms with E-state index in [0.717, 1.165) is 17.5 Å². The van der Waals surface area contributed by atoms with Gasteiger partial charge in [0.2, 0.25) is 0 Å². The standard InChI is InChI=1S/C20H24N2O2/c1-3-16-9-11-18(12-10-16)15(2)22-20(24)19(23)21-14-13-17-7-5-4-6-8-17/h4-12,15H,3,13-14H2,1-2H3,(H,21,23)(H,22,24). The number of hydrogen-bond donors (Lipinski definition) is 2. The summed E-state index contributed by atoms with van der Waals surface area (Å²) in [5.41, 5.74) is 3.36. The molecule has 126 valence electrons. The predicted molar refractivity (Wildman–Crippen MR) is 95.5 cm³/mol. The Hall–Kier alpha value is -2.62. The van der Waals surface area contributed by atoms with Crippen molar-refractivity contribution in [2.45, 2.75) is 32.7 Å². The molecule has 2 aromatic rings. The van der Waals surface area contributed by atoms with Crippen molar-refractivity contribution in [3.63, 3.8) is 0 Å². The van der Waals surface area contributed by atoms with E-state index >= 15 is 0 Å². The van der Waals surface area contributed by atoms with Gasteiger partial charge in [0, 0.05) is 6.54 Å². The van der Waals surface area contributed by atoms with Crippen LogP contribution in [0.3, 0.4) is 0 Å². The van der Waals surface area contributed by atoms with Crippen molar-refractivity contribution in [1.82, 2.24) is 10.6 Å². The highest BCUT2D eigenvalue weighted by atomic mass is 16.2. The molecule has 24 heavy (non-hydrogen) atoms. The summed E-state index contributed by atoms with van der Waals surface area (Å²) < 4.78 is 0. The van der Waals surface area contributed by atoms with Crippen LogP contribution in [0.4, 0.5) is 0 Å². The molecule has 1 unspecified atom stereocenters. The van der Waals surface area contributed by atoms with Gasteiger partial charge in [-0.2, -0.15) is 0 Å². The minimum absolute atomic E-state index is 0.205. The molecule has 0 aliphatic rings. The van der Waals surface area contributed by atoms with E-state index in [1.54, 1.807) is 0 Å². The van der Waals surface area contributed by atoms with Gasteiger partial charge >= 0.3 is 11.8 Å². The van der Waals surface area contributed by atoms with Crippen molar-refractivity contribution >= 4 is 11.8 Å². The lowest BCUT2D eigenvalue weighted by Gasteiger charge is -2.14. The summed E-state index contributed by atoms with van der Waals surface area (Å²) in [4.78, 5) is 23.8. The third-order valence-corrected chi connectivity index (χ3v) is 3.98. The Morgan fingerprint density at radius 2 is 1.58 bits per heavy atom. The first-order chi connectivity index (χ1) is 11.6. The van der Waals surface area contributed by atoms with Crippen molar-refractivity contribution in [3.8, 4) is 0 Å². The van der Waals surface area contributed by atoms with Crippen LogP contribution in [0.2, 0.25) is 0 Å². The van der Waals surface area contributed by atoms with E-state index in [1.165, 1.54) is 5.56 Å². The molecular formula is C20H24N2O2. The summed E-state index contributed by atoms with van der Waals surface area (Å²) >= 11 is 0. The van der Waals surface area contributed by atoms with Gasteiger partial charge in [-0.3, -0.25) is 9.59 Å². The molecule has 0 radical (unpaired) electrons. The molecule has 2 amide bonds. The largest absolute Gasteiger partial charge is 0.348 e. The van der Waals surface area contributed by atoms with Gasteiger partial charge in [0.05, 0.1) is 6.04 Å². The van der Waals surface area contributed by atoms with Gasteiger partial charge in [-0.15, -0.1) is 0 Å². The van der Waals surface area contributed by atoms with Gasteiger partial charge in [-0.25, -0.2) is 0 Å². The third kappa shape index (κ3) is 5.23. The number of amides is 2. The molecule has 0 bridgehead atoms. The minimum Gasteiger partial charge on any atom is -0.348 e. The number of hydrogen-bond acceptors (Lipinski definition) is 2. The number of nitrogens with one attached hydrogen (secondary N) is 2. The Bertz CT molecular complexity index is 666. The van der Waals surface area contributed by atoms with Gasteiger partial charge in [0.15, 0.2) is 0 Å². The van der Waals surface area contributed by atoms with Crippen LogP contribution < -0.4 is 10.6 Å². The zero-order chi connectivity index (χ0) is 17.4. The van der Waals surface area contributed by atoms with Crippen LogP contribution in [0.25, 0.3) is 0 Å². The first kappa shape index (κ1) is 17.7. The van der Waals surface area contributed by atoms with Crippen molar-refractivity contribution in [2.75, 3.05) is 6.54 Å². The van der Waals surface area contributed by atoms with Crippen molar-refractivity contribution < 1.29 is 9.59 Å². The molecule has 4 heteroatoms. The summed E-state index contributed by atoms with van der Waals surface area (Å²) in [7, 11) is 0. The van der Waals surface area contributed by atoms with Crippen LogP contribution in [0.1, 0.15) is 36.6 Å². The molecule has 0 aliphatic carbocycles. The molecular weight excluding hydrogens is 300 g/mol. The molecule has 1 atom stereocenters. The second kappa shape index (κ2) is 8.87. The van der Waals surface area contributed by atoms with Gasteiger partial charge in [-0.1, -0.05) is 61.5 Å². The normalized spacial score (nSPS) is 11.6. The molecule has 4 nitrogen and oxygen atoms in total. The Kier molecular flexibility index (Phi) is 6.55. The van der Waals surface area contributed by atoms with Crippen molar-refractivity contribution in [3.05, 3.63) is 71.3 Å². The predicted octanol–water partition coefficient (Wildman–Crippen LogP) is 2.79. The van der Waals surface area contributed by atoms with Crippen LogP contribution in [0, 0.1) is 0 Å². The fraction of sp³-hybridized carbons (Fsp3) is 0.300. The molecule has 0 saturated heterocycles. The highest BCUT2D eigenvalue weighted by molar-refractivity contribution is 6.35. The van der Waals surface area contributed by atoms with Crippen molar-refractivity contribution in [1.29, 1.82) is 0 Å². The van der Waals surface area contributed by atoms with E-state index in [0.29, 0.717) is 13.0 Å². The fourth-order valence-electron chi connectivity index (χ4n) is 2.43. The smallest absolute Gasteiger partial charge is 0.309 e. The highest BCUT2D eigenvalue weighted by Crippen LogP contribution is 2.13. The van der Waals surface area contributed by atoms with E-state index < -0.39 is 11.8 Å². The lowest BCUT2D eigenvalue weighted by atomic mass is 10.1. The van der Waals surface area contributed by atoms with Crippen LogP contribution in [0.5, 0.6) is 0 Å². The van der Waals surface area contributed by atoms with Crippen LogP contribution in [-0.2, 0) is 22.4 Å². The molecule has 2 rings (SSSR count). The van der Waals surface area contributed by atoms with Gasteiger partial charge in [0.1, 0.15) is 0 Å². The first-order valence-corrected chi connectivity index (χ1v) is 8.31. The Balaban J connectivity index is 1.78. The summed E-state index contributed by atoms with van der Waals surface area (Å²) in [5, 5.41) is 5.39. The second-order valence-corrected chi connectivity index (χ2v) is 5.78. The maximum atomic E-state index is 12.0. The number of benzene rings is 2. The Morgan fingerprint density at radius 1 is 0.917 bits per heavy atom. The Morgan fingerprint density at radius 3 is 2.21 bits per heavy atom. The van der Waals surface area contributed by atoms with E-state index in [1.807, 2.05) is 61.5 Å². The number of rotatable bonds is 6.